The van der Waals surface area contributed by atoms with Gasteiger partial charge in [-0.3, -0.25) is 4.90 Å². The Labute approximate surface area is 128 Å². The number of hydrogen-bond acceptors (Lipinski definition) is 3. The predicted molar refractivity (Wildman–Crippen MR) is 87.0 cm³/mol. The van der Waals surface area contributed by atoms with Crippen LogP contribution in [0.2, 0.25) is 0 Å². The number of ether oxygens (including phenoxy) is 1. The van der Waals surface area contributed by atoms with Crippen molar-refractivity contribution < 1.29 is 9.84 Å². The molecule has 1 aliphatic rings. The van der Waals surface area contributed by atoms with Crippen molar-refractivity contribution in [2.75, 3.05) is 19.7 Å². The van der Waals surface area contributed by atoms with Gasteiger partial charge in [-0.05, 0) is 58.2 Å². The van der Waals surface area contributed by atoms with Crippen LogP contribution >= 0.6 is 0 Å². The molecule has 21 heavy (non-hydrogen) atoms. The summed E-state index contributed by atoms with van der Waals surface area (Å²) in [6, 6.07) is 4.83. The van der Waals surface area contributed by atoms with Crippen molar-refractivity contribution in [1.82, 2.24) is 4.90 Å². The molecule has 1 aromatic rings. The summed E-state index contributed by atoms with van der Waals surface area (Å²) in [5.41, 5.74) is 3.54. The van der Waals surface area contributed by atoms with E-state index in [1.807, 2.05) is 0 Å². The molecule has 118 valence electrons. The largest absolute Gasteiger partial charge is 0.490 e. The molecule has 3 nitrogen and oxygen atoms in total. The normalized spacial score (nSPS) is 21.3. The zero-order chi connectivity index (χ0) is 15.4. The van der Waals surface area contributed by atoms with E-state index in [4.69, 9.17) is 4.74 Å². The van der Waals surface area contributed by atoms with Gasteiger partial charge in [-0.15, -0.1) is 0 Å². The molecule has 0 spiro atoms. The van der Waals surface area contributed by atoms with E-state index in [9.17, 15) is 5.11 Å². The highest BCUT2D eigenvalue weighted by atomic mass is 16.5. The van der Waals surface area contributed by atoms with Crippen LogP contribution in [-0.4, -0.2) is 41.8 Å². The van der Waals surface area contributed by atoms with E-state index < -0.39 is 6.10 Å². The van der Waals surface area contributed by atoms with Crippen molar-refractivity contribution in [3.8, 4) is 5.75 Å². The van der Waals surface area contributed by atoms with Crippen LogP contribution in [0.4, 0.5) is 0 Å². The summed E-state index contributed by atoms with van der Waals surface area (Å²) in [6.07, 6.45) is 3.37. The number of likely N-dealkylation sites (tertiary alicyclic amines) is 1. The number of nitrogens with zero attached hydrogens (tertiary/aromatic N) is 1. The van der Waals surface area contributed by atoms with Gasteiger partial charge in [0.2, 0.25) is 0 Å². The Kier molecular flexibility index (Phi) is 5.65. The molecular weight excluding hydrogens is 262 g/mol. The third-order valence-electron chi connectivity index (χ3n) is 4.41. The number of piperidine rings is 1. The Morgan fingerprint density at radius 2 is 1.90 bits per heavy atom. The van der Waals surface area contributed by atoms with Crippen LogP contribution in [-0.2, 0) is 0 Å². The minimum Gasteiger partial charge on any atom is -0.490 e. The van der Waals surface area contributed by atoms with E-state index in [2.05, 4.69) is 44.7 Å². The minimum atomic E-state index is -0.425. The smallest absolute Gasteiger partial charge is 0.125 e. The monoisotopic (exact) mass is 291 g/mol. The van der Waals surface area contributed by atoms with Crippen molar-refractivity contribution in [3.63, 3.8) is 0 Å². The number of hydrogen-bond donors (Lipinski definition) is 1. The first-order chi connectivity index (χ1) is 9.97. The standard InChI is InChI=1S/C18H29NO2/c1-13-9-14(2)18(15(3)10-13)21-12-17(20)11-19-8-6-5-7-16(19)4/h9-10,16-17,20H,5-8,11-12H2,1-4H3. The summed E-state index contributed by atoms with van der Waals surface area (Å²) in [6.45, 7) is 10.7. The lowest BCUT2D eigenvalue weighted by Gasteiger charge is -2.34. The molecule has 2 unspecified atom stereocenters. The summed E-state index contributed by atoms with van der Waals surface area (Å²) >= 11 is 0. The van der Waals surface area contributed by atoms with E-state index >= 15 is 0 Å². The molecule has 2 rings (SSSR count). The Balaban J connectivity index is 1.88. The zero-order valence-corrected chi connectivity index (χ0v) is 13.9. The summed E-state index contributed by atoms with van der Waals surface area (Å²) in [5, 5.41) is 10.3. The molecule has 1 heterocycles. The van der Waals surface area contributed by atoms with Gasteiger partial charge in [-0.2, -0.15) is 0 Å². The van der Waals surface area contributed by atoms with Gasteiger partial charge < -0.3 is 9.84 Å². The van der Waals surface area contributed by atoms with E-state index in [-0.39, 0.29) is 0 Å². The fourth-order valence-electron chi connectivity index (χ4n) is 3.33. The van der Waals surface area contributed by atoms with Gasteiger partial charge >= 0.3 is 0 Å². The highest BCUT2D eigenvalue weighted by molar-refractivity contribution is 5.42. The molecule has 1 fully saturated rings. The van der Waals surface area contributed by atoms with Gasteiger partial charge in [-0.1, -0.05) is 24.1 Å². The van der Waals surface area contributed by atoms with Gasteiger partial charge in [0.1, 0.15) is 18.5 Å². The summed E-state index contributed by atoms with van der Waals surface area (Å²) in [5.74, 6) is 0.923. The van der Waals surface area contributed by atoms with Gasteiger partial charge in [0.15, 0.2) is 0 Å². The van der Waals surface area contributed by atoms with Crippen molar-refractivity contribution in [1.29, 1.82) is 0 Å². The van der Waals surface area contributed by atoms with Crippen LogP contribution in [0.25, 0.3) is 0 Å². The highest BCUT2D eigenvalue weighted by Crippen LogP contribution is 2.25. The quantitative estimate of drug-likeness (QED) is 0.904. The number of rotatable bonds is 5. The Morgan fingerprint density at radius 1 is 1.24 bits per heavy atom. The first-order valence-electron chi connectivity index (χ1n) is 8.10. The lowest BCUT2D eigenvalue weighted by Crippen LogP contribution is -2.43. The van der Waals surface area contributed by atoms with Crippen molar-refractivity contribution in [2.45, 2.75) is 59.1 Å². The molecule has 0 saturated carbocycles. The molecule has 1 saturated heterocycles. The first-order valence-corrected chi connectivity index (χ1v) is 8.10. The fourth-order valence-corrected chi connectivity index (χ4v) is 3.33. The molecule has 0 bridgehead atoms. The lowest BCUT2D eigenvalue weighted by molar-refractivity contribution is 0.0434. The van der Waals surface area contributed by atoms with Crippen LogP contribution in [0.15, 0.2) is 12.1 Å². The lowest BCUT2D eigenvalue weighted by atomic mass is 10.0. The zero-order valence-electron chi connectivity index (χ0n) is 13.9. The minimum absolute atomic E-state index is 0.369. The number of aliphatic hydroxyl groups excluding tert-OH is 1. The third kappa shape index (κ3) is 4.45. The van der Waals surface area contributed by atoms with Crippen molar-refractivity contribution >= 4 is 0 Å². The molecule has 1 aromatic carbocycles. The topological polar surface area (TPSA) is 32.7 Å². The van der Waals surface area contributed by atoms with Crippen LogP contribution in [0.1, 0.15) is 42.9 Å². The second kappa shape index (κ2) is 7.28. The predicted octanol–water partition coefficient (Wildman–Crippen LogP) is 3.23. The van der Waals surface area contributed by atoms with E-state index in [1.54, 1.807) is 0 Å². The third-order valence-corrected chi connectivity index (χ3v) is 4.41. The molecule has 0 radical (unpaired) electrons. The maximum atomic E-state index is 10.3. The first kappa shape index (κ1) is 16.3. The summed E-state index contributed by atoms with van der Waals surface area (Å²) in [7, 11) is 0. The average Bonchev–Trinajstić information content (AvgIpc) is 2.40. The molecule has 3 heteroatoms. The Morgan fingerprint density at radius 3 is 2.52 bits per heavy atom. The van der Waals surface area contributed by atoms with Gasteiger partial charge in [0.25, 0.3) is 0 Å². The average molecular weight is 291 g/mol. The van der Waals surface area contributed by atoms with Crippen LogP contribution in [0.3, 0.4) is 0 Å². The number of benzene rings is 1. The molecule has 2 atom stereocenters. The van der Waals surface area contributed by atoms with Crippen LogP contribution in [0.5, 0.6) is 5.75 Å². The molecule has 1 aliphatic heterocycles. The Bertz CT molecular complexity index is 449. The summed E-state index contributed by atoms with van der Waals surface area (Å²) in [4.78, 5) is 2.38. The van der Waals surface area contributed by atoms with Crippen molar-refractivity contribution in [2.24, 2.45) is 0 Å². The number of aliphatic hydroxyl groups is 1. The second-order valence-electron chi connectivity index (χ2n) is 6.53. The number of β-amino-alcohol motifs (C(OH)–C–C–N with tert-alkyl or cyclic N) is 1. The SMILES string of the molecule is Cc1cc(C)c(OCC(O)CN2CCCCC2C)c(C)c1. The fraction of sp³-hybridized carbons (Fsp3) is 0.667. The van der Waals surface area contributed by atoms with Gasteiger partial charge in [0, 0.05) is 12.6 Å². The maximum absolute atomic E-state index is 10.3. The van der Waals surface area contributed by atoms with Crippen LogP contribution < -0.4 is 4.74 Å². The Hall–Kier alpha value is -1.06. The highest BCUT2D eigenvalue weighted by Gasteiger charge is 2.21. The summed E-state index contributed by atoms with van der Waals surface area (Å²) < 4.78 is 5.88. The molecule has 1 N–H and O–H groups in total. The van der Waals surface area contributed by atoms with Gasteiger partial charge in [-0.25, -0.2) is 0 Å². The molecule has 0 amide bonds. The van der Waals surface area contributed by atoms with E-state index in [1.165, 1.54) is 24.8 Å². The van der Waals surface area contributed by atoms with Crippen LogP contribution in [0, 0.1) is 20.8 Å². The maximum Gasteiger partial charge on any atom is 0.125 e. The molecular formula is C18H29NO2. The molecule has 0 aliphatic carbocycles. The van der Waals surface area contributed by atoms with Gasteiger partial charge in [0.05, 0.1) is 0 Å². The number of aryl methyl sites for hydroxylation is 3. The van der Waals surface area contributed by atoms with E-state index in [0.717, 1.165) is 23.4 Å². The molecule has 0 aromatic heterocycles. The van der Waals surface area contributed by atoms with Crippen molar-refractivity contribution in [3.05, 3.63) is 28.8 Å². The second-order valence-corrected chi connectivity index (χ2v) is 6.53. The van der Waals surface area contributed by atoms with E-state index in [0.29, 0.717) is 19.2 Å².